The number of carbonyl (C=O) groups excluding carboxylic acids is 1. The summed E-state index contributed by atoms with van der Waals surface area (Å²) in [6.45, 7) is 4.77. The van der Waals surface area contributed by atoms with Gasteiger partial charge in [-0.2, -0.15) is 0 Å². The second-order valence-corrected chi connectivity index (χ2v) is 5.41. The minimum absolute atomic E-state index is 0.0329. The van der Waals surface area contributed by atoms with E-state index in [0.717, 1.165) is 11.1 Å². The fraction of sp³-hybridized carbons (Fsp3) is 0.278. The number of likely N-dealkylation sites (N-methyl/N-ethyl adjacent to an activating group) is 1. The fourth-order valence-electron chi connectivity index (χ4n) is 2.25. The first kappa shape index (κ1) is 16.0. The molecule has 0 spiro atoms. The van der Waals surface area contributed by atoms with Gasteiger partial charge in [0, 0.05) is 12.6 Å². The number of amides is 1. The number of carbonyl (C=O) groups is 1. The molecule has 0 N–H and O–H groups in total. The Morgan fingerprint density at radius 2 is 1.68 bits per heavy atom. The first-order valence-electron chi connectivity index (χ1n) is 7.18. The highest BCUT2D eigenvalue weighted by atomic mass is 19.1. The topological polar surface area (TPSA) is 29.5 Å². The quantitative estimate of drug-likeness (QED) is 0.844. The monoisotopic (exact) mass is 301 g/mol. The molecule has 3 nitrogen and oxygen atoms in total. The predicted octanol–water partition coefficient (Wildman–Crippen LogP) is 3.59. The van der Waals surface area contributed by atoms with Crippen molar-refractivity contribution in [1.82, 2.24) is 4.90 Å². The number of ether oxygens (including phenoxy) is 1. The molecular weight excluding hydrogens is 281 g/mol. The average molecular weight is 301 g/mol. The summed E-state index contributed by atoms with van der Waals surface area (Å²) in [6.07, 6.45) is 0. The summed E-state index contributed by atoms with van der Waals surface area (Å²) in [6, 6.07) is 11.6. The first-order chi connectivity index (χ1) is 10.5. The lowest BCUT2D eigenvalue weighted by molar-refractivity contribution is 0.0773. The van der Waals surface area contributed by atoms with Gasteiger partial charge in [0.05, 0.1) is 6.54 Å². The predicted molar refractivity (Wildman–Crippen MR) is 84.8 cm³/mol. The van der Waals surface area contributed by atoms with Crippen LogP contribution in [0, 0.1) is 19.7 Å². The van der Waals surface area contributed by atoms with Crippen molar-refractivity contribution in [2.24, 2.45) is 0 Å². The Morgan fingerprint density at radius 1 is 1.09 bits per heavy atom. The third kappa shape index (κ3) is 4.32. The fourth-order valence-corrected chi connectivity index (χ4v) is 2.25. The third-order valence-electron chi connectivity index (χ3n) is 3.32. The van der Waals surface area contributed by atoms with Crippen LogP contribution in [0.2, 0.25) is 0 Å². The minimum atomic E-state index is -0.297. The molecule has 0 heterocycles. The van der Waals surface area contributed by atoms with Gasteiger partial charge in [0.1, 0.15) is 18.2 Å². The van der Waals surface area contributed by atoms with Gasteiger partial charge in [-0.05, 0) is 50.2 Å². The van der Waals surface area contributed by atoms with Crippen LogP contribution in [0.3, 0.4) is 0 Å². The number of rotatable bonds is 5. The molecule has 1 amide bonds. The molecule has 22 heavy (non-hydrogen) atoms. The molecule has 2 aromatic rings. The average Bonchev–Trinajstić information content (AvgIpc) is 2.47. The van der Waals surface area contributed by atoms with E-state index in [2.05, 4.69) is 0 Å². The smallest absolute Gasteiger partial charge is 0.253 e. The summed E-state index contributed by atoms with van der Waals surface area (Å²) in [7, 11) is 1.74. The first-order valence-corrected chi connectivity index (χ1v) is 7.18. The molecule has 0 unspecified atom stereocenters. The maximum Gasteiger partial charge on any atom is 0.253 e. The molecule has 2 aromatic carbocycles. The second kappa shape index (κ2) is 7.07. The van der Waals surface area contributed by atoms with Crippen molar-refractivity contribution in [2.75, 3.05) is 20.2 Å². The van der Waals surface area contributed by atoms with E-state index in [-0.39, 0.29) is 11.7 Å². The van der Waals surface area contributed by atoms with Gasteiger partial charge in [-0.3, -0.25) is 4.79 Å². The summed E-state index contributed by atoms with van der Waals surface area (Å²) in [5.74, 6) is 0.262. The molecule has 0 fully saturated rings. The zero-order valence-corrected chi connectivity index (χ0v) is 13.1. The van der Waals surface area contributed by atoms with Crippen LogP contribution in [0.25, 0.3) is 0 Å². The Balaban J connectivity index is 1.89. The third-order valence-corrected chi connectivity index (χ3v) is 3.32. The molecule has 4 heteroatoms. The number of hydrogen-bond acceptors (Lipinski definition) is 2. The summed E-state index contributed by atoms with van der Waals surface area (Å²) in [4.78, 5) is 14.0. The number of halogens is 1. The van der Waals surface area contributed by atoms with Crippen molar-refractivity contribution in [3.63, 3.8) is 0 Å². The van der Waals surface area contributed by atoms with E-state index < -0.39 is 0 Å². The number of benzene rings is 2. The van der Waals surface area contributed by atoms with E-state index in [0.29, 0.717) is 24.5 Å². The lowest BCUT2D eigenvalue weighted by atomic mass is 10.1. The molecule has 0 bridgehead atoms. The number of aryl methyl sites for hydroxylation is 2. The molecule has 0 atom stereocenters. The van der Waals surface area contributed by atoms with Crippen molar-refractivity contribution in [3.8, 4) is 5.75 Å². The van der Waals surface area contributed by atoms with Gasteiger partial charge >= 0.3 is 0 Å². The molecule has 0 saturated carbocycles. The highest BCUT2D eigenvalue weighted by Gasteiger charge is 2.12. The Hall–Kier alpha value is -2.36. The number of hydrogen-bond donors (Lipinski definition) is 0. The molecular formula is C18H20FNO2. The molecule has 0 aliphatic rings. The van der Waals surface area contributed by atoms with Crippen molar-refractivity contribution in [3.05, 3.63) is 65.0 Å². The van der Waals surface area contributed by atoms with Crippen LogP contribution < -0.4 is 4.74 Å². The largest absolute Gasteiger partial charge is 0.492 e. The Morgan fingerprint density at radius 3 is 2.27 bits per heavy atom. The highest BCUT2D eigenvalue weighted by molar-refractivity contribution is 5.94. The Bertz CT molecular complexity index is 632. The summed E-state index contributed by atoms with van der Waals surface area (Å²) in [5, 5.41) is 0. The molecule has 116 valence electrons. The minimum Gasteiger partial charge on any atom is -0.492 e. The van der Waals surface area contributed by atoms with E-state index >= 15 is 0 Å². The van der Waals surface area contributed by atoms with Gasteiger partial charge in [-0.15, -0.1) is 0 Å². The van der Waals surface area contributed by atoms with Crippen LogP contribution >= 0.6 is 0 Å². The number of nitrogens with zero attached hydrogens (tertiary/aromatic N) is 1. The van der Waals surface area contributed by atoms with Crippen LogP contribution in [0.1, 0.15) is 21.5 Å². The van der Waals surface area contributed by atoms with E-state index in [9.17, 15) is 9.18 Å². The molecule has 2 rings (SSSR count). The Kier molecular flexibility index (Phi) is 5.15. The lowest BCUT2D eigenvalue weighted by Gasteiger charge is -2.18. The van der Waals surface area contributed by atoms with Gasteiger partial charge in [0.2, 0.25) is 0 Å². The lowest BCUT2D eigenvalue weighted by Crippen LogP contribution is -2.31. The van der Waals surface area contributed by atoms with E-state index in [1.54, 1.807) is 24.1 Å². The standard InChI is InChI=1S/C18H20FNO2/c1-13-10-14(2)12-15(11-13)18(21)20(3)8-9-22-17-6-4-16(19)5-7-17/h4-7,10-12H,8-9H2,1-3H3. The van der Waals surface area contributed by atoms with Crippen molar-refractivity contribution in [1.29, 1.82) is 0 Å². The Labute approximate surface area is 130 Å². The molecule has 0 aromatic heterocycles. The van der Waals surface area contributed by atoms with E-state index in [4.69, 9.17) is 4.74 Å². The molecule has 0 aliphatic carbocycles. The van der Waals surface area contributed by atoms with Crippen LogP contribution in [0.4, 0.5) is 4.39 Å². The van der Waals surface area contributed by atoms with Gasteiger partial charge < -0.3 is 9.64 Å². The zero-order valence-electron chi connectivity index (χ0n) is 13.1. The van der Waals surface area contributed by atoms with Crippen molar-refractivity contribution < 1.29 is 13.9 Å². The molecule has 0 saturated heterocycles. The van der Waals surface area contributed by atoms with Crippen LogP contribution in [0.15, 0.2) is 42.5 Å². The molecule has 0 radical (unpaired) electrons. The summed E-state index contributed by atoms with van der Waals surface area (Å²) in [5.41, 5.74) is 2.82. The molecule has 0 aliphatic heterocycles. The zero-order chi connectivity index (χ0) is 16.1. The van der Waals surface area contributed by atoms with Gasteiger partial charge in [0.25, 0.3) is 5.91 Å². The highest BCUT2D eigenvalue weighted by Crippen LogP contribution is 2.12. The maximum atomic E-state index is 12.8. The summed E-state index contributed by atoms with van der Waals surface area (Å²) < 4.78 is 18.3. The normalized spacial score (nSPS) is 10.4. The van der Waals surface area contributed by atoms with Crippen LogP contribution in [-0.4, -0.2) is 31.0 Å². The van der Waals surface area contributed by atoms with E-state index in [1.807, 2.05) is 32.0 Å². The second-order valence-electron chi connectivity index (χ2n) is 5.41. The SMILES string of the molecule is Cc1cc(C)cc(C(=O)N(C)CCOc2ccc(F)cc2)c1. The maximum absolute atomic E-state index is 12.8. The van der Waals surface area contributed by atoms with Gasteiger partial charge in [-0.25, -0.2) is 4.39 Å². The summed E-state index contributed by atoms with van der Waals surface area (Å²) >= 11 is 0. The van der Waals surface area contributed by atoms with Crippen molar-refractivity contribution >= 4 is 5.91 Å². The van der Waals surface area contributed by atoms with Gasteiger partial charge in [-0.1, -0.05) is 17.2 Å². The van der Waals surface area contributed by atoms with Crippen LogP contribution in [-0.2, 0) is 0 Å². The van der Waals surface area contributed by atoms with Gasteiger partial charge in [0.15, 0.2) is 0 Å². The van der Waals surface area contributed by atoms with E-state index in [1.165, 1.54) is 12.1 Å². The van der Waals surface area contributed by atoms with Crippen molar-refractivity contribution in [2.45, 2.75) is 13.8 Å². The van der Waals surface area contributed by atoms with Crippen LogP contribution in [0.5, 0.6) is 5.75 Å².